The van der Waals surface area contributed by atoms with Gasteiger partial charge < -0.3 is 15.2 Å². The van der Waals surface area contributed by atoms with Crippen LogP contribution in [0.15, 0.2) is 35.1 Å². The molecule has 0 bridgehead atoms. The molecule has 0 amide bonds. The van der Waals surface area contributed by atoms with Crippen molar-refractivity contribution in [2.24, 2.45) is 12.8 Å². The van der Waals surface area contributed by atoms with Gasteiger partial charge in [-0.15, -0.1) is 0 Å². The van der Waals surface area contributed by atoms with E-state index in [0.717, 1.165) is 28.1 Å². The Morgan fingerprint density at radius 3 is 2.83 bits per heavy atom. The number of anilines is 1. The van der Waals surface area contributed by atoms with Gasteiger partial charge in [0.2, 0.25) is 0 Å². The molecule has 0 atom stereocenters. The van der Waals surface area contributed by atoms with Crippen molar-refractivity contribution in [3.63, 3.8) is 0 Å². The zero-order valence-electron chi connectivity index (χ0n) is 10.6. The van der Waals surface area contributed by atoms with E-state index in [1.807, 2.05) is 30.1 Å². The van der Waals surface area contributed by atoms with Crippen LogP contribution in [-0.4, -0.2) is 16.6 Å². The summed E-state index contributed by atoms with van der Waals surface area (Å²) in [5.74, 6) is 1.03. The molecule has 0 aliphatic heterocycles. The monoisotopic (exact) mass is 308 g/mol. The molecule has 4 nitrogen and oxygen atoms in total. The maximum Gasteiger partial charge on any atom is 0.127 e. The molecular formula is C13H17BrN4. The Kier molecular flexibility index (Phi) is 4.04. The summed E-state index contributed by atoms with van der Waals surface area (Å²) in [6.07, 6.45) is 3.77. The molecule has 1 aromatic carbocycles. The first-order valence-corrected chi connectivity index (χ1v) is 6.57. The van der Waals surface area contributed by atoms with Gasteiger partial charge in [0.05, 0.1) is 6.54 Å². The fourth-order valence-electron chi connectivity index (χ4n) is 1.94. The van der Waals surface area contributed by atoms with Crippen LogP contribution in [0, 0.1) is 0 Å². The molecule has 18 heavy (non-hydrogen) atoms. The summed E-state index contributed by atoms with van der Waals surface area (Å²) in [5, 5.41) is 0. The van der Waals surface area contributed by atoms with Crippen LogP contribution in [0.2, 0.25) is 0 Å². The van der Waals surface area contributed by atoms with Crippen LogP contribution < -0.4 is 10.6 Å². The second-order valence-electron chi connectivity index (χ2n) is 4.29. The van der Waals surface area contributed by atoms with Gasteiger partial charge in [-0.05, 0) is 23.8 Å². The zero-order valence-corrected chi connectivity index (χ0v) is 12.2. The number of hydrogen-bond acceptors (Lipinski definition) is 3. The van der Waals surface area contributed by atoms with Gasteiger partial charge in [-0.3, -0.25) is 0 Å². The molecule has 2 aromatic rings. The fraction of sp³-hybridized carbons (Fsp3) is 0.308. The van der Waals surface area contributed by atoms with Crippen LogP contribution in [0.25, 0.3) is 0 Å². The average Bonchev–Trinajstić information content (AvgIpc) is 2.74. The van der Waals surface area contributed by atoms with Gasteiger partial charge in [0.25, 0.3) is 0 Å². The highest BCUT2D eigenvalue weighted by Crippen LogP contribution is 2.24. The first-order valence-electron chi connectivity index (χ1n) is 5.77. The number of imidazole rings is 1. The Balaban J connectivity index is 2.23. The summed E-state index contributed by atoms with van der Waals surface area (Å²) in [4.78, 5) is 6.50. The van der Waals surface area contributed by atoms with E-state index in [1.54, 1.807) is 0 Å². The summed E-state index contributed by atoms with van der Waals surface area (Å²) in [5.41, 5.74) is 8.06. The minimum absolute atomic E-state index is 0.527. The molecule has 0 aliphatic carbocycles. The normalized spacial score (nSPS) is 10.7. The van der Waals surface area contributed by atoms with Gasteiger partial charge in [-0.2, -0.15) is 0 Å². The SMILES string of the molecule is CN(Cc1nccn1C)c1ccc(Br)cc1CN. The van der Waals surface area contributed by atoms with Gasteiger partial charge in [-0.1, -0.05) is 15.9 Å². The summed E-state index contributed by atoms with van der Waals surface area (Å²) < 4.78 is 3.08. The van der Waals surface area contributed by atoms with Crippen molar-refractivity contribution in [3.8, 4) is 0 Å². The largest absolute Gasteiger partial charge is 0.367 e. The third-order valence-corrected chi connectivity index (χ3v) is 3.47. The molecule has 1 heterocycles. The molecule has 2 rings (SSSR count). The van der Waals surface area contributed by atoms with Crippen LogP contribution >= 0.6 is 15.9 Å². The van der Waals surface area contributed by atoms with Gasteiger partial charge in [0.15, 0.2) is 0 Å². The molecule has 0 aliphatic rings. The maximum absolute atomic E-state index is 5.79. The van der Waals surface area contributed by atoms with E-state index < -0.39 is 0 Å². The van der Waals surface area contributed by atoms with Crippen molar-refractivity contribution < 1.29 is 0 Å². The molecule has 0 unspecified atom stereocenters. The summed E-state index contributed by atoms with van der Waals surface area (Å²) in [6, 6.07) is 6.17. The van der Waals surface area contributed by atoms with Gasteiger partial charge in [0, 0.05) is 43.2 Å². The average molecular weight is 309 g/mol. The predicted molar refractivity (Wildman–Crippen MR) is 77.3 cm³/mol. The van der Waals surface area contributed by atoms with Gasteiger partial charge >= 0.3 is 0 Å². The standard InChI is InChI=1S/C13H17BrN4/c1-17-6-5-16-13(17)9-18(2)12-4-3-11(14)7-10(12)8-15/h3-7H,8-9,15H2,1-2H3. The molecule has 2 N–H and O–H groups in total. The highest BCUT2D eigenvalue weighted by molar-refractivity contribution is 9.10. The number of hydrogen-bond donors (Lipinski definition) is 1. The highest BCUT2D eigenvalue weighted by Gasteiger charge is 2.09. The summed E-state index contributed by atoms with van der Waals surface area (Å²) >= 11 is 3.47. The van der Waals surface area contributed by atoms with Crippen LogP contribution in [0.4, 0.5) is 5.69 Å². The lowest BCUT2D eigenvalue weighted by atomic mass is 10.1. The minimum Gasteiger partial charge on any atom is -0.367 e. The van der Waals surface area contributed by atoms with E-state index in [4.69, 9.17) is 5.73 Å². The molecule has 0 saturated carbocycles. The Morgan fingerprint density at radius 2 is 2.22 bits per heavy atom. The Hall–Kier alpha value is -1.33. The predicted octanol–water partition coefficient (Wildman–Crippen LogP) is 2.28. The third kappa shape index (κ3) is 2.73. The molecule has 1 aromatic heterocycles. The summed E-state index contributed by atoms with van der Waals surface area (Å²) in [7, 11) is 4.05. The van der Waals surface area contributed by atoms with E-state index in [2.05, 4.69) is 45.0 Å². The van der Waals surface area contributed by atoms with Gasteiger partial charge in [0.1, 0.15) is 5.82 Å². The number of halogens is 1. The first-order chi connectivity index (χ1) is 8.61. The molecule has 5 heteroatoms. The molecule has 0 spiro atoms. The smallest absolute Gasteiger partial charge is 0.127 e. The maximum atomic E-state index is 5.79. The third-order valence-electron chi connectivity index (χ3n) is 2.97. The van der Waals surface area contributed by atoms with E-state index in [-0.39, 0.29) is 0 Å². The first kappa shape index (κ1) is 13.1. The molecular weight excluding hydrogens is 292 g/mol. The Morgan fingerprint density at radius 1 is 1.44 bits per heavy atom. The van der Waals surface area contributed by atoms with E-state index in [1.165, 1.54) is 0 Å². The quantitative estimate of drug-likeness (QED) is 0.942. The lowest BCUT2D eigenvalue weighted by Crippen LogP contribution is -2.21. The Labute approximate surface area is 116 Å². The fourth-order valence-corrected chi connectivity index (χ4v) is 2.34. The molecule has 0 radical (unpaired) electrons. The molecule has 0 fully saturated rings. The number of aryl methyl sites for hydroxylation is 1. The topological polar surface area (TPSA) is 47.1 Å². The van der Waals surface area contributed by atoms with Crippen molar-refractivity contribution in [1.29, 1.82) is 0 Å². The van der Waals surface area contributed by atoms with Crippen LogP contribution in [0.3, 0.4) is 0 Å². The second-order valence-corrected chi connectivity index (χ2v) is 5.20. The van der Waals surface area contributed by atoms with Crippen molar-refractivity contribution in [3.05, 3.63) is 46.5 Å². The number of nitrogens with two attached hydrogens (primary N) is 1. The number of aromatic nitrogens is 2. The van der Waals surface area contributed by atoms with Crippen LogP contribution in [0.1, 0.15) is 11.4 Å². The van der Waals surface area contributed by atoms with Crippen molar-refractivity contribution in [2.45, 2.75) is 13.1 Å². The molecule has 96 valence electrons. The van der Waals surface area contributed by atoms with Crippen molar-refractivity contribution in [1.82, 2.24) is 9.55 Å². The molecule has 0 saturated heterocycles. The Bertz CT molecular complexity index is 536. The highest BCUT2D eigenvalue weighted by atomic mass is 79.9. The lowest BCUT2D eigenvalue weighted by molar-refractivity contribution is 0.758. The lowest BCUT2D eigenvalue weighted by Gasteiger charge is -2.22. The van der Waals surface area contributed by atoms with Crippen LogP contribution in [-0.2, 0) is 20.1 Å². The number of rotatable bonds is 4. The number of benzene rings is 1. The number of nitrogens with zero attached hydrogens (tertiary/aromatic N) is 3. The van der Waals surface area contributed by atoms with E-state index >= 15 is 0 Å². The van der Waals surface area contributed by atoms with E-state index in [0.29, 0.717) is 6.54 Å². The van der Waals surface area contributed by atoms with Crippen molar-refractivity contribution in [2.75, 3.05) is 11.9 Å². The zero-order chi connectivity index (χ0) is 13.1. The van der Waals surface area contributed by atoms with E-state index in [9.17, 15) is 0 Å². The van der Waals surface area contributed by atoms with Gasteiger partial charge in [-0.25, -0.2) is 4.98 Å². The minimum atomic E-state index is 0.527. The van der Waals surface area contributed by atoms with Crippen LogP contribution in [0.5, 0.6) is 0 Å². The second kappa shape index (κ2) is 5.54. The van der Waals surface area contributed by atoms with Crippen molar-refractivity contribution >= 4 is 21.6 Å². The summed E-state index contributed by atoms with van der Waals surface area (Å²) in [6.45, 7) is 1.29.